The average Bonchev–Trinajstić information content (AvgIpc) is 2.89. The van der Waals surface area contributed by atoms with Crippen LogP contribution in [0.3, 0.4) is 0 Å². The molecule has 1 aromatic heterocycles. The van der Waals surface area contributed by atoms with E-state index in [-0.39, 0.29) is 0 Å². The molecule has 0 aliphatic rings. The molecule has 1 aromatic carbocycles. The lowest BCUT2D eigenvalue weighted by Gasteiger charge is -2.08. The van der Waals surface area contributed by atoms with E-state index in [1.165, 1.54) is 19.3 Å². The van der Waals surface area contributed by atoms with Gasteiger partial charge in [-0.1, -0.05) is 25.8 Å². The van der Waals surface area contributed by atoms with Gasteiger partial charge in [-0.05, 0) is 30.7 Å². The fourth-order valence-corrected chi connectivity index (χ4v) is 1.79. The topological polar surface area (TPSA) is 29.9 Å². The van der Waals surface area contributed by atoms with Crippen molar-refractivity contribution >= 4 is 5.69 Å². The van der Waals surface area contributed by atoms with E-state index in [9.17, 15) is 0 Å². The van der Waals surface area contributed by atoms with Gasteiger partial charge in [0.05, 0.1) is 5.69 Å². The SMILES string of the molecule is CCCCCNc1cccc(-n2cccn2)c1. The highest BCUT2D eigenvalue weighted by atomic mass is 15.3. The fourth-order valence-electron chi connectivity index (χ4n) is 1.79. The van der Waals surface area contributed by atoms with Crippen molar-refractivity contribution in [1.29, 1.82) is 0 Å². The molecule has 0 aliphatic heterocycles. The lowest BCUT2D eigenvalue weighted by molar-refractivity contribution is 0.743. The summed E-state index contributed by atoms with van der Waals surface area (Å²) in [5.74, 6) is 0. The van der Waals surface area contributed by atoms with E-state index in [0.29, 0.717) is 0 Å². The Balaban J connectivity index is 1.97. The summed E-state index contributed by atoms with van der Waals surface area (Å²) in [7, 11) is 0. The van der Waals surface area contributed by atoms with E-state index in [0.717, 1.165) is 17.9 Å². The smallest absolute Gasteiger partial charge is 0.0666 e. The highest BCUT2D eigenvalue weighted by Gasteiger charge is 1.97. The van der Waals surface area contributed by atoms with E-state index < -0.39 is 0 Å². The van der Waals surface area contributed by atoms with E-state index >= 15 is 0 Å². The molecule has 0 radical (unpaired) electrons. The number of anilines is 1. The van der Waals surface area contributed by atoms with Gasteiger partial charge in [0, 0.05) is 24.6 Å². The fraction of sp³-hybridized carbons (Fsp3) is 0.357. The molecule has 2 aromatic rings. The van der Waals surface area contributed by atoms with Crippen LogP contribution in [0.2, 0.25) is 0 Å². The first kappa shape index (κ1) is 11.7. The zero-order valence-electron chi connectivity index (χ0n) is 10.3. The van der Waals surface area contributed by atoms with Crippen LogP contribution in [0.15, 0.2) is 42.7 Å². The van der Waals surface area contributed by atoms with Crippen molar-refractivity contribution < 1.29 is 0 Å². The van der Waals surface area contributed by atoms with Crippen molar-refractivity contribution in [2.45, 2.75) is 26.2 Å². The van der Waals surface area contributed by atoms with E-state index in [1.54, 1.807) is 6.20 Å². The molecular weight excluding hydrogens is 210 g/mol. The van der Waals surface area contributed by atoms with Gasteiger partial charge < -0.3 is 5.32 Å². The van der Waals surface area contributed by atoms with Crippen molar-refractivity contribution in [2.75, 3.05) is 11.9 Å². The highest BCUT2D eigenvalue weighted by Crippen LogP contribution is 2.13. The molecule has 1 N–H and O–H groups in total. The van der Waals surface area contributed by atoms with Gasteiger partial charge >= 0.3 is 0 Å². The number of nitrogens with zero attached hydrogens (tertiary/aromatic N) is 2. The molecule has 0 saturated heterocycles. The number of aromatic nitrogens is 2. The predicted molar refractivity (Wildman–Crippen MR) is 71.6 cm³/mol. The third kappa shape index (κ3) is 3.34. The monoisotopic (exact) mass is 229 g/mol. The van der Waals surface area contributed by atoms with Crippen LogP contribution in [-0.4, -0.2) is 16.3 Å². The first-order valence-corrected chi connectivity index (χ1v) is 6.24. The summed E-state index contributed by atoms with van der Waals surface area (Å²) in [5.41, 5.74) is 2.25. The molecule has 0 spiro atoms. The van der Waals surface area contributed by atoms with Crippen LogP contribution >= 0.6 is 0 Å². The van der Waals surface area contributed by atoms with Crippen molar-refractivity contribution in [3.8, 4) is 5.69 Å². The third-order valence-electron chi connectivity index (χ3n) is 2.72. The molecule has 2 rings (SSSR count). The number of hydrogen-bond donors (Lipinski definition) is 1. The number of rotatable bonds is 6. The van der Waals surface area contributed by atoms with Gasteiger partial charge in [-0.25, -0.2) is 4.68 Å². The van der Waals surface area contributed by atoms with Crippen LogP contribution in [0.5, 0.6) is 0 Å². The van der Waals surface area contributed by atoms with Gasteiger partial charge in [-0.2, -0.15) is 5.10 Å². The lowest BCUT2D eigenvalue weighted by atomic mass is 10.2. The average molecular weight is 229 g/mol. The second kappa shape index (κ2) is 6.09. The van der Waals surface area contributed by atoms with Crippen molar-refractivity contribution in [1.82, 2.24) is 9.78 Å². The summed E-state index contributed by atoms with van der Waals surface area (Å²) in [6.07, 6.45) is 7.51. The second-order valence-corrected chi connectivity index (χ2v) is 4.13. The van der Waals surface area contributed by atoms with Gasteiger partial charge in [0.15, 0.2) is 0 Å². The van der Waals surface area contributed by atoms with Crippen LogP contribution in [-0.2, 0) is 0 Å². The molecule has 0 aliphatic carbocycles. The maximum Gasteiger partial charge on any atom is 0.0666 e. The molecular formula is C14H19N3. The Morgan fingerprint density at radius 1 is 1.24 bits per heavy atom. The molecule has 3 heteroatoms. The Morgan fingerprint density at radius 2 is 2.18 bits per heavy atom. The second-order valence-electron chi connectivity index (χ2n) is 4.13. The first-order valence-electron chi connectivity index (χ1n) is 6.24. The number of hydrogen-bond acceptors (Lipinski definition) is 2. The third-order valence-corrected chi connectivity index (χ3v) is 2.72. The van der Waals surface area contributed by atoms with Crippen molar-refractivity contribution in [3.05, 3.63) is 42.7 Å². The molecule has 0 fully saturated rings. The zero-order chi connectivity index (χ0) is 11.9. The Bertz CT molecular complexity index is 434. The Labute approximate surface area is 102 Å². The lowest BCUT2D eigenvalue weighted by Crippen LogP contribution is -2.02. The summed E-state index contributed by atoms with van der Waals surface area (Å²) in [5, 5.41) is 7.67. The molecule has 1 heterocycles. The maximum absolute atomic E-state index is 4.23. The van der Waals surface area contributed by atoms with Crippen LogP contribution in [0, 0.1) is 0 Å². The molecule has 0 saturated carbocycles. The largest absolute Gasteiger partial charge is 0.385 e. The minimum absolute atomic E-state index is 1.04. The van der Waals surface area contributed by atoms with Crippen LogP contribution < -0.4 is 5.32 Å². The van der Waals surface area contributed by atoms with Crippen LogP contribution in [0.4, 0.5) is 5.69 Å². The summed E-state index contributed by atoms with van der Waals surface area (Å²) in [6, 6.07) is 10.3. The van der Waals surface area contributed by atoms with Gasteiger partial charge in [-0.15, -0.1) is 0 Å². The molecule has 0 unspecified atom stereocenters. The normalized spacial score (nSPS) is 10.4. The van der Waals surface area contributed by atoms with Crippen molar-refractivity contribution in [3.63, 3.8) is 0 Å². The molecule has 90 valence electrons. The highest BCUT2D eigenvalue weighted by molar-refractivity contribution is 5.50. The first-order chi connectivity index (χ1) is 8.40. The summed E-state index contributed by atoms with van der Waals surface area (Å²) in [6.45, 7) is 3.26. The Hall–Kier alpha value is -1.77. The van der Waals surface area contributed by atoms with Gasteiger partial charge in [-0.3, -0.25) is 0 Å². The molecule has 0 atom stereocenters. The van der Waals surface area contributed by atoms with E-state index in [1.807, 2.05) is 16.9 Å². The number of benzene rings is 1. The summed E-state index contributed by atoms with van der Waals surface area (Å²) < 4.78 is 1.87. The quantitative estimate of drug-likeness (QED) is 0.769. The minimum Gasteiger partial charge on any atom is -0.385 e. The molecule has 17 heavy (non-hydrogen) atoms. The van der Waals surface area contributed by atoms with Gasteiger partial charge in [0.2, 0.25) is 0 Å². The molecule has 0 bridgehead atoms. The standard InChI is InChI=1S/C14H19N3/c1-2-3-4-9-15-13-7-5-8-14(12-13)17-11-6-10-16-17/h5-8,10-12,15H,2-4,9H2,1H3. The number of unbranched alkanes of at least 4 members (excludes halogenated alkanes) is 2. The van der Waals surface area contributed by atoms with E-state index in [2.05, 4.69) is 41.6 Å². The van der Waals surface area contributed by atoms with Crippen LogP contribution in [0.25, 0.3) is 5.69 Å². The van der Waals surface area contributed by atoms with Gasteiger partial charge in [0.25, 0.3) is 0 Å². The zero-order valence-corrected chi connectivity index (χ0v) is 10.3. The number of nitrogens with one attached hydrogen (secondary N) is 1. The van der Waals surface area contributed by atoms with Gasteiger partial charge in [0.1, 0.15) is 0 Å². The minimum atomic E-state index is 1.04. The summed E-state index contributed by atoms with van der Waals surface area (Å²) >= 11 is 0. The molecule has 0 amide bonds. The van der Waals surface area contributed by atoms with Crippen LogP contribution in [0.1, 0.15) is 26.2 Å². The Kier molecular flexibility index (Phi) is 4.19. The summed E-state index contributed by atoms with van der Waals surface area (Å²) in [4.78, 5) is 0. The predicted octanol–water partition coefficient (Wildman–Crippen LogP) is 3.47. The van der Waals surface area contributed by atoms with E-state index in [4.69, 9.17) is 0 Å². The Morgan fingerprint density at radius 3 is 2.94 bits per heavy atom. The maximum atomic E-state index is 4.23. The van der Waals surface area contributed by atoms with Crippen molar-refractivity contribution in [2.24, 2.45) is 0 Å². The molecule has 3 nitrogen and oxygen atoms in total.